The molecule has 2 unspecified atom stereocenters. The first-order chi connectivity index (χ1) is 16.1. The summed E-state index contributed by atoms with van der Waals surface area (Å²) in [4.78, 5) is 25.5. The predicted molar refractivity (Wildman–Crippen MR) is 135 cm³/mol. The standard InChI is InChI=1S/C21H13Cl6N5O2/c22-10-5-9(6-11(23)7-10)17-18(21(17,26)27)20(34)28-12-1-2-14(24)13(8-12)19(33)32-31-16-4-3-15(25)29-30-16/h1-8,17-18H,(H,28,34)(H,30,31)(H,32,33). The van der Waals surface area contributed by atoms with Gasteiger partial charge in [0.1, 0.15) is 4.33 Å². The lowest BCUT2D eigenvalue weighted by Crippen LogP contribution is -2.30. The van der Waals surface area contributed by atoms with Gasteiger partial charge in [0.05, 0.1) is 16.5 Å². The number of carbonyl (C=O) groups excluding carboxylic acids is 2. The molecular weight excluding hydrogens is 567 g/mol. The second kappa shape index (κ2) is 9.93. The van der Waals surface area contributed by atoms with E-state index in [1.807, 2.05) is 0 Å². The highest BCUT2D eigenvalue weighted by Crippen LogP contribution is 2.65. The Morgan fingerprint density at radius 3 is 2.24 bits per heavy atom. The molecule has 1 saturated carbocycles. The van der Waals surface area contributed by atoms with E-state index in [2.05, 4.69) is 26.4 Å². The Balaban J connectivity index is 1.45. The van der Waals surface area contributed by atoms with Crippen molar-refractivity contribution in [2.24, 2.45) is 5.92 Å². The molecule has 1 aliphatic carbocycles. The lowest BCUT2D eigenvalue weighted by atomic mass is 10.1. The zero-order chi connectivity index (χ0) is 24.6. The molecule has 1 aliphatic rings. The normalized spacial score (nSPS) is 18.2. The van der Waals surface area contributed by atoms with Crippen LogP contribution in [0.1, 0.15) is 21.8 Å². The molecule has 4 rings (SSSR count). The van der Waals surface area contributed by atoms with Crippen molar-refractivity contribution >= 4 is 92.9 Å². The molecule has 13 heteroatoms. The third kappa shape index (κ3) is 5.46. The molecule has 7 nitrogen and oxygen atoms in total. The first-order valence-corrected chi connectivity index (χ1v) is 11.8. The number of rotatable bonds is 6. The summed E-state index contributed by atoms with van der Waals surface area (Å²) in [5.74, 6) is -2.01. The van der Waals surface area contributed by atoms with E-state index in [9.17, 15) is 9.59 Å². The van der Waals surface area contributed by atoms with Crippen LogP contribution in [-0.2, 0) is 4.79 Å². The first-order valence-electron chi connectivity index (χ1n) is 9.56. The molecule has 1 heterocycles. The summed E-state index contributed by atoms with van der Waals surface area (Å²) in [6.45, 7) is 0. The fourth-order valence-electron chi connectivity index (χ4n) is 3.39. The molecule has 2 aromatic carbocycles. The van der Waals surface area contributed by atoms with Crippen LogP contribution in [0.3, 0.4) is 0 Å². The maximum Gasteiger partial charge on any atom is 0.271 e. The second-order valence-corrected chi connectivity index (χ2v) is 10.4. The van der Waals surface area contributed by atoms with Gasteiger partial charge in [-0.15, -0.1) is 33.4 Å². The van der Waals surface area contributed by atoms with E-state index in [1.54, 1.807) is 24.3 Å². The molecule has 1 aromatic heterocycles. The summed E-state index contributed by atoms with van der Waals surface area (Å²) < 4.78 is -1.34. The molecule has 1 fully saturated rings. The quantitative estimate of drug-likeness (QED) is 0.233. The van der Waals surface area contributed by atoms with Crippen LogP contribution in [0.15, 0.2) is 48.5 Å². The van der Waals surface area contributed by atoms with Gasteiger partial charge in [-0.05, 0) is 54.1 Å². The number of nitrogens with one attached hydrogen (secondary N) is 3. The van der Waals surface area contributed by atoms with E-state index < -0.39 is 28.0 Å². The molecule has 34 heavy (non-hydrogen) atoms. The van der Waals surface area contributed by atoms with E-state index in [1.165, 1.54) is 24.3 Å². The minimum Gasteiger partial charge on any atom is -0.326 e. The van der Waals surface area contributed by atoms with Crippen LogP contribution < -0.4 is 16.2 Å². The van der Waals surface area contributed by atoms with Gasteiger partial charge in [0.25, 0.3) is 5.91 Å². The zero-order valence-corrected chi connectivity index (χ0v) is 21.3. The molecule has 0 bridgehead atoms. The summed E-state index contributed by atoms with van der Waals surface area (Å²) in [7, 11) is 0. The Labute approximate surface area is 224 Å². The molecule has 3 N–H and O–H groups in total. The Morgan fingerprint density at radius 2 is 1.59 bits per heavy atom. The average Bonchev–Trinajstić information content (AvgIpc) is 3.36. The molecule has 0 spiro atoms. The maximum absolute atomic E-state index is 12.9. The molecule has 0 aliphatic heterocycles. The first kappa shape index (κ1) is 25.1. The monoisotopic (exact) mass is 577 g/mol. The average molecular weight is 580 g/mol. The molecule has 176 valence electrons. The van der Waals surface area contributed by atoms with Crippen LogP contribution in [0.2, 0.25) is 20.2 Å². The SMILES string of the molecule is O=C(NNc1ccc(Cl)nn1)c1cc(NC(=O)C2C(c3cc(Cl)cc(Cl)c3)C2(Cl)Cl)ccc1Cl. The number of amides is 2. The molecule has 2 amide bonds. The van der Waals surface area contributed by atoms with Crippen LogP contribution in [0.25, 0.3) is 0 Å². The number of anilines is 2. The van der Waals surface area contributed by atoms with Gasteiger partial charge in [0, 0.05) is 21.7 Å². The Kier molecular flexibility index (Phi) is 7.33. The van der Waals surface area contributed by atoms with Crippen molar-refractivity contribution in [1.29, 1.82) is 0 Å². The number of alkyl halides is 2. The van der Waals surface area contributed by atoms with E-state index >= 15 is 0 Å². The van der Waals surface area contributed by atoms with Crippen LogP contribution in [0, 0.1) is 5.92 Å². The highest BCUT2D eigenvalue weighted by molar-refractivity contribution is 6.53. The lowest BCUT2D eigenvalue weighted by molar-refractivity contribution is -0.117. The van der Waals surface area contributed by atoms with Crippen LogP contribution in [-0.4, -0.2) is 26.3 Å². The van der Waals surface area contributed by atoms with Crippen LogP contribution in [0.5, 0.6) is 0 Å². The molecule has 0 saturated heterocycles. The zero-order valence-electron chi connectivity index (χ0n) is 16.8. The van der Waals surface area contributed by atoms with E-state index in [0.29, 0.717) is 21.3 Å². The summed E-state index contributed by atoms with van der Waals surface area (Å²) in [6.07, 6.45) is 0. The third-order valence-electron chi connectivity index (χ3n) is 4.99. The van der Waals surface area contributed by atoms with Gasteiger partial charge in [-0.2, -0.15) is 0 Å². The van der Waals surface area contributed by atoms with E-state index in [4.69, 9.17) is 69.6 Å². The summed E-state index contributed by atoms with van der Waals surface area (Å²) in [6, 6.07) is 12.4. The largest absolute Gasteiger partial charge is 0.326 e. The fourth-order valence-corrected chi connectivity index (χ4v) is 5.07. The summed E-state index contributed by atoms with van der Waals surface area (Å²) >= 11 is 36.8. The minimum atomic E-state index is -1.34. The van der Waals surface area contributed by atoms with Crippen molar-refractivity contribution in [2.45, 2.75) is 10.3 Å². The smallest absolute Gasteiger partial charge is 0.271 e. The molecule has 3 aromatic rings. The maximum atomic E-state index is 12.9. The highest BCUT2D eigenvalue weighted by atomic mass is 35.5. The highest BCUT2D eigenvalue weighted by Gasteiger charge is 2.67. The number of benzene rings is 2. The number of nitrogens with zero attached hydrogens (tertiary/aromatic N) is 2. The molecule has 0 radical (unpaired) electrons. The number of aromatic nitrogens is 2. The Bertz CT molecular complexity index is 1250. The number of carbonyl (C=O) groups is 2. The molecular formula is C21H13Cl6N5O2. The van der Waals surface area contributed by atoms with Crippen molar-refractivity contribution < 1.29 is 9.59 Å². The van der Waals surface area contributed by atoms with E-state index in [0.717, 1.165) is 0 Å². The lowest BCUT2D eigenvalue weighted by Gasteiger charge is -2.11. The predicted octanol–water partition coefficient (Wildman–Crippen LogP) is 6.37. The van der Waals surface area contributed by atoms with Crippen molar-refractivity contribution in [3.63, 3.8) is 0 Å². The van der Waals surface area contributed by atoms with Gasteiger partial charge in [-0.25, -0.2) is 0 Å². The number of hydrazine groups is 1. The minimum absolute atomic E-state index is 0.103. The van der Waals surface area contributed by atoms with Crippen molar-refractivity contribution in [3.05, 3.63) is 79.9 Å². The van der Waals surface area contributed by atoms with Crippen LogP contribution >= 0.6 is 69.6 Å². The van der Waals surface area contributed by atoms with Gasteiger partial charge in [0.15, 0.2) is 11.0 Å². The van der Waals surface area contributed by atoms with Crippen LogP contribution in [0.4, 0.5) is 11.5 Å². The fraction of sp³-hybridized carbons (Fsp3) is 0.143. The Hall–Kier alpha value is -2.00. The molecule has 2 atom stereocenters. The Morgan fingerprint density at radius 1 is 0.882 bits per heavy atom. The van der Waals surface area contributed by atoms with Crippen molar-refractivity contribution in [1.82, 2.24) is 15.6 Å². The van der Waals surface area contributed by atoms with Crippen molar-refractivity contribution in [3.8, 4) is 0 Å². The van der Waals surface area contributed by atoms with Gasteiger partial charge >= 0.3 is 0 Å². The summed E-state index contributed by atoms with van der Waals surface area (Å²) in [5.41, 5.74) is 6.11. The number of hydrogen-bond acceptors (Lipinski definition) is 5. The van der Waals surface area contributed by atoms with Gasteiger partial charge in [-0.3, -0.25) is 20.4 Å². The van der Waals surface area contributed by atoms with Crippen molar-refractivity contribution in [2.75, 3.05) is 10.7 Å². The van der Waals surface area contributed by atoms with E-state index in [-0.39, 0.29) is 21.6 Å². The second-order valence-electron chi connectivity index (χ2n) is 7.34. The number of halogens is 6. The van der Waals surface area contributed by atoms with Gasteiger partial charge in [0.2, 0.25) is 5.91 Å². The van der Waals surface area contributed by atoms with Gasteiger partial charge < -0.3 is 5.32 Å². The topological polar surface area (TPSA) is 96.0 Å². The number of hydrogen-bond donors (Lipinski definition) is 3. The summed E-state index contributed by atoms with van der Waals surface area (Å²) in [5, 5.41) is 11.3. The third-order valence-corrected chi connectivity index (χ3v) is 6.90. The van der Waals surface area contributed by atoms with Gasteiger partial charge in [-0.1, -0.05) is 46.4 Å².